The molecule has 4 nitrogen and oxygen atoms in total. The zero-order chi connectivity index (χ0) is 14.8. The SMILES string of the molecule is CNc1ncc(C)c(Oc2ccccc2C(C)(C)C)n1. The van der Waals surface area contributed by atoms with E-state index in [1.807, 2.05) is 25.1 Å². The summed E-state index contributed by atoms with van der Waals surface area (Å²) in [4.78, 5) is 8.53. The van der Waals surface area contributed by atoms with Gasteiger partial charge in [-0.05, 0) is 18.4 Å². The number of aryl methyl sites for hydroxylation is 1. The maximum Gasteiger partial charge on any atom is 0.226 e. The van der Waals surface area contributed by atoms with Crippen LogP contribution in [0.1, 0.15) is 31.9 Å². The van der Waals surface area contributed by atoms with E-state index in [1.165, 1.54) is 0 Å². The van der Waals surface area contributed by atoms with Crippen molar-refractivity contribution in [2.24, 2.45) is 0 Å². The number of hydrogen-bond donors (Lipinski definition) is 1. The molecule has 2 aromatic rings. The molecule has 106 valence electrons. The lowest BCUT2D eigenvalue weighted by atomic mass is 9.86. The van der Waals surface area contributed by atoms with Crippen molar-refractivity contribution >= 4 is 5.95 Å². The number of rotatable bonds is 3. The molecular weight excluding hydrogens is 250 g/mol. The topological polar surface area (TPSA) is 47.0 Å². The van der Waals surface area contributed by atoms with E-state index in [-0.39, 0.29) is 5.41 Å². The molecular formula is C16H21N3O. The Kier molecular flexibility index (Phi) is 3.93. The Hall–Kier alpha value is -2.10. The first-order chi connectivity index (χ1) is 9.41. The van der Waals surface area contributed by atoms with Gasteiger partial charge >= 0.3 is 0 Å². The molecule has 0 radical (unpaired) electrons. The predicted molar refractivity (Wildman–Crippen MR) is 81.5 cm³/mol. The fourth-order valence-electron chi connectivity index (χ4n) is 1.93. The van der Waals surface area contributed by atoms with E-state index in [0.29, 0.717) is 11.8 Å². The number of anilines is 1. The first-order valence-electron chi connectivity index (χ1n) is 6.70. The van der Waals surface area contributed by atoms with Gasteiger partial charge in [0.15, 0.2) is 0 Å². The van der Waals surface area contributed by atoms with Gasteiger partial charge in [-0.25, -0.2) is 4.98 Å². The second-order valence-electron chi connectivity index (χ2n) is 5.78. The number of nitrogens with zero attached hydrogens (tertiary/aromatic N) is 2. The maximum atomic E-state index is 6.02. The van der Waals surface area contributed by atoms with Crippen LogP contribution in [0.15, 0.2) is 30.5 Å². The second-order valence-corrected chi connectivity index (χ2v) is 5.78. The quantitative estimate of drug-likeness (QED) is 0.919. The van der Waals surface area contributed by atoms with Crippen molar-refractivity contribution in [1.82, 2.24) is 9.97 Å². The first kappa shape index (κ1) is 14.3. The predicted octanol–water partition coefficient (Wildman–Crippen LogP) is 3.92. The summed E-state index contributed by atoms with van der Waals surface area (Å²) in [5, 5.41) is 2.92. The van der Waals surface area contributed by atoms with E-state index in [0.717, 1.165) is 16.9 Å². The summed E-state index contributed by atoms with van der Waals surface area (Å²) in [6.45, 7) is 8.44. The summed E-state index contributed by atoms with van der Waals surface area (Å²) in [6.07, 6.45) is 1.76. The van der Waals surface area contributed by atoms with Crippen LogP contribution in [0, 0.1) is 6.92 Å². The van der Waals surface area contributed by atoms with Crippen LogP contribution in [-0.2, 0) is 5.41 Å². The third-order valence-corrected chi connectivity index (χ3v) is 3.05. The molecule has 20 heavy (non-hydrogen) atoms. The molecule has 0 aliphatic heterocycles. The molecule has 0 amide bonds. The minimum atomic E-state index is 0.0172. The van der Waals surface area contributed by atoms with Crippen molar-refractivity contribution in [3.05, 3.63) is 41.6 Å². The molecule has 0 saturated heterocycles. The second kappa shape index (κ2) is 5.49. The summed E-state index contributed by atoms with van der Waals surface area (Å²) in [5.41, 5.74) is 2.08. The van der Waals surface area contributed by atoms with Crippen LogP contribution in [0.4, 0.5) is 5.95 Å². The van der Waals surface area contributed by atoms with Crippen LogP contribution < -0.4 is 10.1 Å². The third-order valence-electron chi connectivity index (χ3n) is 3.05. The van der Waals surface area contributed by atoms with Crippen molar-refractivity contribution in [3.63, 3.8) is 0 Å². The average molecular weight is 271 g/mol. The van der Waals surface area contributed by atoms with Crippen molar-refractivity contribution in [2.75, 3.05) is 12.4 Å². The number of benzene rings is 1. The van der Waals surface area contributed by atoms with Gasteiger partial charge in [-0.1, -0.05) is 39.0 Å². The van der Waals surface area contributed by atoms with Crippen LogP contribution in [-0.4, -0.2) is 17.0 Å². The standard InChI is InChI=1S/C16H21N3O/c1-11-10-18-15(17-5)19-14(11)20-13-9-7-6-8-12(13)16(2,3)4/h6-10H,1-5H3,(H,17,18,19). The molecule has 1 aromatic carbocycles. The minimum Gasteiger partial charge on any atom is -0.438 e. The Morgan fingerprint density at radius 2 is 1.85 bits per heavy atom. The van der Waals surface area contributed by atoms with E-state index in [9.17, 15) is 0 Å². The van der Waals surface area contributed by atoms with Gasteiger partial charge < -0.3 is 10.1 Å². The molecule has 0 aliphatic rings. The lowest BCUT2D eigenvalue weighted by Crippen LogP contribution is -2.12. The van der Waals surface area contributed by atoms with E-state index in [1.54, 1.807) is 13.2 Å². The van der Waals surface area contributed by atoms with Crippen molar-refractivity contribution in [1.29, 1.82) is 0 Å². The van der Waals surface area contributed by atoms with Gasteiger partial charge in [0, 0.05) is 24.4 Å². The Labute approximate surface area is 120 Å². The molecule has 4 heteroatoms. The van der Waals surface area contributed by atoms with Crippen LogP contribution >= 0.6 is 0 Å². The highest BCUT2D eigenvalue weighted by Gasteiger charge is 2.19. The highest BCUT2D eigenvalue weighted by atomic mass is 16.5. The van der Waals surface area contributed by atoms with E-state index in [4.69, 9.17) is 4.74 Å². The molecule has 1 heterocycles. The summed E-state index contributed by atoms with van der Waals surface area (Å²) >= 11 is 0. The summed E-state index contributed by atoms with van der Waals surface area (Å²) < 4.78 is 6.02. The zero-order valence-electron chi connectivity index (χ0n) is 12.7. The highest BCUT2D eigenvalue weighted by molar-refractivity contribution is 5.42. The first-order valence-corrected chi connectivity index (χ1v) is 6.70. The minimum absolute atomic E-state index is 0.0172. The molecule has 1 N–H and O–H groups in total. The molecule has 0 saturated carbocycles. The zero-order valence-corrected chi connectivity index (χ0v) is 12.7. The number of para-hydroxylation sites is 1. The smallest absolute Gasteiger partial charge is 0.226 e. The highest BCUT2D eigenvalue weighted by Crippen LogP contribution is 2.34. The molecule has 0 spiro atoms. The van der Waals surface area contributed by atoms with Gasteiger partial charge in [0.1, 0.15) is 5.75 Å². The Balaban J connectivity index is 2.40. The largest absolute Gasteiger partial charge is 0.438 e. The van der Waals surface area contributed by atoms with Crippen LogP contribution in [0.25, 0.3) is 0 Å². The maximum absolute atomic E-state index is 6.02. The Morgan fingerprint density at radius 1 is 1.15 bits per heavy atom. The van der Waals surface area contributed by atoms with Crippen LogP contribution in [0.5, 0.6) is 11.6 Å². The van der Waals surface area contributed by atoms with Gasteiger partial charge in [0.2, 0.25) is 11.8 Å². The number of ether oxygens (including phenoxy) is 1. The van der Waals surface area contributed by atoms with Crippen molar-refractivity contribution < 1.29 is 4.74 Å². The molecule has 0 bridgehead atoms. The van der Waals surface area contributed by atoms with Gasteiger partial charge in [0.05, 0.1) is 0 Å². The molecule has 0 atom stereocenters. The molecule has 0 unspecified atom stereocenters. The lowest BCUT2D eigenvalue weighted by Gasteiger charge is -2.22. The fourth-order valence-corrected chi connectivity index (χ4v) is 1.93. The van der Waals surface area contributed by atoms with E-state index >= 15 is 0 Å². The number of nitrogens with one attached hydrogen (secondary N) is 1. The monoisotopic (exact) mass is 271 g/mol. The average Bonchev–Trinajstić information content (AvgIpc) is 2.41. The van der Waals surface area contributed by atoms with Gasteiger partial charge in [-0.15, -0.1) is 0 Å². The molecule has 1 aromatic heterocycles. The van der Waals surface area contributed by atoms with Crippen molar-refractivity contribution in [2.45, 2.75) is 33.1 Å². The van der Waals surface area contributed by atoms with Gasteiger partial charge in [0.25, 0.3) is 0 Å². The van der Waals surface area contributed by atoms with Gasteiger partial charge in [-0.2, -0.15) is 4.98 Å². The summed E-state index contributed by atoms with van der Waals surface area (Å²) in [5.74, 6) is 1.98. The van der Waals surface area contributed by atoms with Crippen LogP contribution in [0.3, 0.4) is 0 Å². The summed E-state index contributed by atoms with van der Waals surface area (Å²) in [7, 11) is 1.79. The lowest BCUT2D eigenvalue weighted by molar-refractivity contribution is 0.436. The molecule has 0 aliphatic carbocycles. The fraction of sp³-hybridized carbons (Fsp3) is 0.375. The van der Waals surface area contributed by atoms with E-state index in [2.05, 4.69) is 42.1 Å². The normalized spacial score (nSPS) is 11.2. The number of aromatic nitrogens is 2. The summed E-state index contributed by atoms with van der Waals surface area (Å²) in [6, 6.07) is 8.06. The van der Waals surface area contributed by atoms with Crippen LogP contribution in [0.2, 0.25) is 0 Å². The van der Waals surface area contributed by atoms with Gasteiger partial charge in [-0.3, -0.25) is 0 Å². The third kappa shape index (κ3) is 3.07. The van der Waals surface area contributed by atoms with E-state index < -0.39 is 0 Å². The Morgan fingerprint density at radius 3 is 2.50 bits per heavy atom. The molecule has 0 fully saturated rings. The Bertz CT molecular complexity index is 603. The molecule has 2 rings (SSSR count). The van der Waals surface area contributed by atoms with Crippen molar-refractivity contribution in [3.8, 4) is 11.6 Å². The number of hydrogen-bond acceptors (Lipinski definition) is 4.